The van der Waals surface area contributed by atoms with Crippen molar-refractivity contribution in [1.29, 1.82) is 0 Å². The summed E-state index contributed by atoms with van der Waals surface area (Å²) in [5, 5.41) is 12.0. The van der Waals surface area contributed by atoms with E-state index >= 15 is 0 Å². The molecule has 1 saturated heterocycles. The minimum absolute atomic E-state index is 0.106. The van der Waals surface area contributed by atoms with Crippen LogP contribution in [0, 0.1) is 0 Å². The van der Waals surface area contributed by atoms with Crippen LogP contribution in [-0.4, -0.2) is 47.2 Å². The predicted octanol–water partition coefficient (Wildman–Crippen LogP) is -0.256. The van der Waals surface area contributed by atoms with Crippen molar-refractivity contribution in [2.45, 2.75) is 25.4 Å². The average Bonchev–Trinajstić information content (AvgIpc) is 2.02. The molecule has 0 radical (unpaired) electrons. The number of hydrogen-bond acceptors (Lipinski definition) is 3. The van der Waals surface area contributed by atoms with Gasteiger partial charge in [0.05, 0.1) is 6.61 Å². The van der Waals surface area contributed by atoms with Gasteiger partial charge in [0.1, 0.15) is 6.04 Å². The van der Waals surface area contributed by atoms with Gasteiger partial charge < -0.3 is 10.4 Å². The fourth-order valence-corrected chi connectivity index (χ4v) is 1.80. The van der Waals surface area contributed by atoms with Crippen LogP contribution < -0.4 is 5.32 Å². The van der Waals surface area contributed by atoms with Crippen molar-refractivity contribution in [3.63, 3.8) is 0 Å². The molecule has 14 heavy (non-hydrogen) atoms. The molecule has 80 valence electrons. The van der Waals surface area contributed by atoms with Gasteiger partial charge in [-0.05, 0) is 13.8 Å². The first kappa shape index (κ1) is 11.2. The molecule has 0 aromatic carbocycles. The zero-order valence-electron chi connectivity index (χ0n) is 8.79. The highest BCUT2D eigenvalue weighted by Crippen LogP contribution is 2.15. The van der Waals surface area contributed by atoms with Crippen molar-refractivity contribution in [2.24, 2.45) is 0 Å². The summed E-state index contributed by atoms with van der Waals surface area (Å²) in [7, 11) is 0. The Morgan fingerprint density at radius 3 is 2.93 bits per heavy atom. The molecule has 1 aliphatic heterocycles. The van der Waals surface area contributed by atoms with E-state index in [9.17, 15) is 4.79 Å². The Labute approximate surface area is 84.6 Å². The summed E-state index contributed by atoms with van der Waals surface area (Å²) >= 11 is 0. The predicted molar refractivity (Wildman–Crippen MR) is 54.9 cm³/mol. The Morgan fingerprint density at radius 2 is 2.43 bits per heavy atom. The molecule has 0 aliphatic carbocycles. The van der Waals surface area contributed by atoms with Crippen LogP contribution in [0.2, 0.25) is 0 Å². The number of aliphatic hydroxyl groups excluding tert-OH is 1. The van der Waals surface area contributed by atoms with Crippen LogP contribution in [0.3, 0.4) is 0 Å². The fraction of sp³-hybridized carbons (Fsp3) is 0.700. The molecule has 1 amide bonds. The Hall–Kier alpha value is -0.870. The van der Waals surface area contributed by atoms with E-state index in [2.05, 4.69) is 11.9 Å². The summed E-state index contributed by atoms with van der Waals surface area (Å²) in [5.74, 6) is -0.106. The van der Waals surface area contributed by atoms with E-state index < -0.39 is 6.04 Å². The molecule has 0 aromatic rings. The van der Waals surface area contributed by atoms with Crippen molar-refractivity contribution >= 4 is 5.91 Å². The second-order valence-corrected chi connectivity index (χ2v) is 4.29. The van der Waals surface area contributed by atoms with Gasteiger partial charge in [0.2, 0.25) is 5.91 Å². The summed E-state index contributed by atoms with van der Waals surface area (Å²) < 4.78 is 0. The smallest absolute Gasteiger partial charge is 0.240 e. The quantitative estimate of drug-likeness (QED) is 0.615. The maximum Gasteiger partial charge on any atom is 0.240 e. The molecular weight excluding hydrogens is 180 g/mol. The standard InChI is InChI=1S/C10H18N2O2/c1-4-5-12-7-10(2,3)11-9(14)8(12)6-13/h4,8,13H,1,5-7H2,2-3H3,(H,11,14). The van der Waals surface area contributed by atoms with Crippen molar-refractivity contribution in [3.8, 4) is 0 Å². The van der Waals surface area contributed by atoms with Crippen molar-refractivity contribution in [2.75, 3.05) is 19.7 Å². The van der Waals surface area contributed by atoms with Crippen LogP contribution in [0.5, 0.6) is 0 Å². The minimum atomic E-state index is -0.430. The number of carbonyl (C=O) groups excluding carboxylic acids is 1. The van der Waals surface area contributed by atoms with E-state index in [1.54, 1.807) is 6.08 Å². The zero-order valence-corrected chi connectivity index (χ0v) is 8.79. The maximum absolute atomic E-state index is 11.6. The summed E-state index contributed by atoms with van der Waals surface area (Å²) in [4.78, 5) is 13.5. The third-order valence-corrected chi connectivity index (χ3v) is 2.34. The van der Waals surface area contributed by atoms with Crippen molar-refractivity contribution in [3.05, 3.63) is 12.7 Å². The van der Waals surface area contributed by atoms with Gasteiger partial charge in [-0.3, -0.25) is 9.69 Å². The molecular formula is C10H18N2O2. The molecule has 1 atom stereocenters. The summed E-state index contributed by atoms with van der Waals surface area (Å²) in [5.41, 5.74) is -0.230. The first-order valence-electron chi connectivity index (χ1n) is 4.78. The molecule has 0 spiro atoms. The molecule has 0 saturated carbocycles. The third kappa shape index (κ3) is 2.33. The van der Waals surface area contributed by atoms with Gasteiger partial charge in [0, 0.05) is 18.6 Å². The van der Waals surface area contributed by atoms with E-state index in [1.807, 2.05) is 18.7 Å². The monoisotopic (exact) mass is 198 g/mol. The SMILES string of the molecule is C=CCN1CC(C)(C)NC(=O)C1CO. The van der Waals surface area contributed by atoms with Crippen molar-refractivity contribution in [1.82, 2.24) is 10.2 Å². The van der Waals surface area contributed by atoms with Gasteiger partial charge in [0.15, 0.2) is 0 Å². The van der Waals surface area contributed by atoms with Crippen LogP contribution in [0.15, 0.2) is 12.7 Å². The highest BCUT2D eigenvalue weighted by Gasteiger charge is 2.37. The number of rotatable bonds is 3. The van der Waals surface area contributed by atoms with Crippen LogP contribution in [0.4, 0.5) is 0 Å². The lowest BCUT2D eigenvalue weighted by Crippen LogP contribution is -2.65. The highest BCUT2D eigenvalue weighted by molar-refractivity contribution is 5.83. The van der Waals surface area contributed by atoms with Gasteiger partial charge >= 0.3 is 0 Å². The molecule has 4 heteroatoms. The molecule has 2 N–H and O–H groups in total. The lowest BCUT2D eigenvalue weighted by atomic mass is 9.98. The number of amides is 1. The van der Waals surface area contributed by atoms with Crippen LogP contribution in [-0.2, 0) is 4.79 Å². The van der Waals surface area contributed by atoms with E-state index in [-0.39, 0.29) is 18.1 Å². The maximum atomic E-state index is 11.6. The first-order valence-corrected chi connectivity index (χ1v) is 4.78. The molecule has 1 heterocycles. The largest absolute Gasteiger partial charge is 0.394 e. The Morgan fingerprint density at radius 1 is 1.79 bits per heavy atom. The minimum Gasteiger partial charge on any atom is -0.394 e. The Bertz CT molecular complexity index is 238. The lowest BCUT2D eigenvalue weighted by molar-refractivity contribution is -0.134. The molecule has 1 fully saturated rings. The second-order valence-electron chi connectivity index (χ2n) is 4.29. The number of carbonyl (C=O) groups is 1. The molecule has 1 unspecified atom stereocenters. The highest BCUT2D eigenvalue weighted by atomic mass is 16.3. The topological polar surface area (TPSA) is 52.6 Å². The van der Waals surface area contributed by atoms with E-state index in [0.717, 1.165) is 6.54 Å². The number of nitrogens with zero attached hydrogens (tertiary/aromatic N) is 1. The summed E-state index contributed by atoms with van der Waals surface area (Å²) in [6.45, 7) is 8.79. The van der Waals surface area contributed by atoms with Gasteiger partial charge in [-0.1, -0.05) is 6.08 Å². The number of piperazine rings is 1. The number of hydrogen-bond donors (Lipinski definition) is 2. The van der Waals surface area contributed by atoms with E-state index in [1.165, 1.54) is 0 Å². The Kier molecular flexibility index (Phi) is 3.29. The normalized spacial score (nSPS) is 27.1. The number of aliphatic hydroxyl groups is 1. The molecule has 1 aliphatic rings. The van der Waals surface area contributed by atoms with Crippen LogP contribution in [0.1, 0.15) is 13.8 Å². The molecule has 0 aromatic heterocycles. The van der Waals surface area contributed by atoms with Crippen molar-refractivity contribution < 1.29 is 9.90 Å². The van der Waals surface area contributed by atoms with E-state index in [4.69, 9.17) is 5.11 Å². The molecule has 0 bridgehead atoms. The van der Waals surface area contributed by atoms with Crippen LogP contribution in [0.25, 0.3) is 0 Å². The first-order chi connectivity index (χ1) is 6.50. The van der Waals surface area contributed by atoms with Gasteiger partial charge in [-0.2, -0.15) is 0 Å². The van der Waals surface area contributed by atoms with Gasteiger partial charge in [-0.25, -0.2) is 0 Å². The Balaban J connectivity index is 2.77. The lowest BCUT2D eigenvalue weighted by Gasteiger charge is -2.42. The second kappa shape index (κ2) is 4.11. The molecule has 1 rings (SSSR count). The van der Waals surface area contributed by atoms with Crippen LogP contribution >= 0.6 is 0 Å². The average molecular weight is 198 g/mol. The van der Waals surface area contributed by atoms with Gasteiger partial charge in [-0.15, -0.1) is 6.58 Å². The fourth-order valence-electron chi connectivity index (χ4n) is 1.80. The zero-order chi connectivity index (χ0) is 10.8. The number of nitrogens with one attached hydrogen (secondary N) is 1. The summed E-state index contributed by atoms with van der Waals surface area (Å²) in [6, 6.07) is -0.430. The third-order valence-electron chi connectivity index (χ3n) is 2.34. The molecule has 4 nitrogen and oxygen atoms in total. The van der Waals surface area contributed by atoms with E-state index in [0.29, 0.717) is 6.54 Å². The van der Waals surface area contributed by atoms with Gasteiger partial charge in [0.25, 0.3) is 0 Å². The summed E-state index contributed by atoms with van der Waals surface area (Å²) in [6.07, 6.45) is 1.75.